The molecule has 2 heterocycles. The monoisotopic (exact) mass is 406 g/mol. The Morgan fingerprint density at radius 3 is 2.57 bits per heavy atom. The number of carbonyl (C=O) groups is 2. The van der Waals surface area contributed by atoms with Crippen molar-refractivity contribution in [3.63, 3.8) is 0 Å². The van der Waals surface area contributed by atoms with E-state index in [1.54, 1.807) is 0 Å². The Kier molecular flexibility index (Phi) is 5.41. The average molecular weight is 407 g/mol. The number of ketones is 1. The maximum Gasteiger partial charge on any atom is 0.252 e. The third kappa shape index (κ3) is 3.63. The molecular weight excluding hydrogens is 376 g/mol. The van der Waals surface area contributed by atoms with Crippen LogP contribution in [-0.4, -0.2) is 36.0 Å². The normalized spacial score (nSPS) is 17.5. The van der Waals surface area contributed by atoms with Crippen molar-refractivity contribution >= 4 is 22.6 Å². The Morgan fingerprint density at radius 2 is 1.97 bits per heavy atom. The van der Waals surface area contributed by atoms with Crippen molar-refractivity contribution in [2.24, 2.45) is 0 Å². The van der Waals surface area contributed by atoms with Gasteiger partial charge in [-0.2, -0.15) is 0 Å². The zero-order valence-electron chi connectivity index (χ0n) is 18.5. The summed E-state index contributed by atoms with van der Waals surface area (Å²) in [6.07, 6.45) is 4.59. The summed E-state index contributed by atoms with van der Waals surface area (Å²) < 4.78 is 7.62. The number of carbonyl (C=O) groups excluding carboxylic acids is 2. The second-order valence-electron chi connectivity index (χ2n) is 8.94. The lowest BCUT2D eigenvalue weighted by atomic mass is 9.92. The van der Waals surface area contributed by atoms with Crippen molar-refractivity contribution in [2.75, 3.05) is 19.8 Å². The van der Waals surface area contributed by atoms with Crippen molar-refractivity contribution in [2.45, 2.75) is 53.0 Å². The third-order valence-electron chi connectivity index (χ3n) is 6.20. The van der Waals surface area contributed by atoms with Gasteiger partial charge in [0.2, 0.25) is 0 Å². The SMILES string of the molecule is CC1=CC(C)=C(CNC(=O)c2cc(C3COC3)cc3c2c(C)cn3C(C)C)C(=O)C1. The summed E-state index contributed by atoms with van der Waals surface area (Å²) >= 11 is 0. The third-order valence-corrected chi connectivity index (χ3v) is 6.20. The first-order chi connectivity index (χ1) is 14.3. The quantitative estimate of drug-likeness (QED) is 0.789. The van der Waals surface area contributed by atoms with Crippen LogP contribution in [0.3, 0.4) is 0 Å². The molecule has 5 heteroatoms. The fourth-order valence-electron chi connectivity index (χ4n) is 4.47. The highest BCUT2D eigenvalue weighted by Crippen LogP contribution is 2.33. The lowest BCUT2D eigenvalue weighted by molar-refractivity contribution is -0.115. The zero-order valence-corrected chi connectivity index (χ0v) is 18.5. The number of amides is 1. The largest absolute Gasteiger partial charge is 0.380 e. The lowest BCUT2D eigenvalue weighted by Gasteiger charge is -2.27. The molecule has 0 radical (unpaired) electrons. The predicted octanol–water partition coefficient (Wildman–Crippen LogP) is 4.61. The van der Waals surface area contributed by atoms with Crippen molar-refractivity contribution in [1.29, 1.82) is 0 Å². The maximum atomic E-state index is 13.3. The number of allylic oxidation sites excluding steroid dienone is 3. The molecule has 0 spiro atoms. The Balaban J connectivity index is 1.71. The summed E-state index contributed by atoms with van der Waals surface area (Å²) in [6, 6.07) is 4.51. The molecular formula is C25H30N2O3. The van der Waals surface area contributed by atoms with Gasteiger partial charge >= 0.3 is 0 Å². The molecule has 30 heavy (non-hydrogen) atoms. The molecule has 2 aliphatic rings. The van der Waals surface area contributed by atoms with Gasteiger partial charge in [0.15, 0.2) is 5.78 Å². The Bertz CT molecular complexity index is 1100. The second-order valence-corrected chi connectivity index (χ2v) is 8.94. The van der Waals surface area contributed by atoms with Crippen LogP contribution in [0.5, 0.6) is 0 Å². The van der Waals surface area contributed by atoms with Crippen molar-refractivity contribution < 1.29 is 14.3 Å². The smallest absolute Gasteiger partial charge is 0.252 e. The minimum absolute atomic E-state index is 0.0976. The van der Waals surface area contributed by atoms with E-state index in [1.165, 1.54) is 0 Å². The summed E-state index contributed by atoms with van der Waals surface area (Å²) in [7, 11) is 0. The Morgan fingerprint density at radius 1 is 1.23 bits per heavy atom. The van der Waals surface area contributed by atoms with E-state index in [-0.39, 0.29) is 18.2 Å². The highest BCUT2D eigenvalue weighted by Gasteiger charge is 2.26. The number of nitrogens with one attached hydrogen (secondary N) is 1. The molecule has 5 nitrogen and oxygen atoms in total. The van der Waals surface area contributed by atoms with Crippen LogP contribution in [0, 0.1) is 6.92 Å². The van der Waals surface area contributed by atoms with Gasteiger partial charge in [-0.25, -0.2) is 0 Å². The van der Waals surface area contributed by atoms with Crippen LogP contribution < -0.4 is 5.32 Å². The molecule has 1 fully saturated rings. The number of aryl methyl sites for hydroxylation is 1. The molecule has 1 aliphatic heterocycles. The number of benzene rings is 1. The fraction of sp³-hybridized carbons (Fsp3) is 0.440. The number of hydrogen-bond donors (Lipinski definition) is 1. The van der Waals surface area contributed by atoms with E-state index in [9.17, 15) is 9.59 Å². The number of nitrogens with zero attached hydrogens (tertiary/aromatic N) is 1. The van der Waals surface area contributed by atoms with Crippen LogP contribution in [-0.2, 0) is 9.53 Å². The first-order valence-electron chi connectivity index (χ1n) is 10.7. The molecule has 1 aromatic carbocycles. The first kappa shape index (κ1) is 20.6. The van der Waals surface area contributed by atoms with Crippen molar-refractivity contribution in [3.05, 3.63) is 57.8 Å². The van der Waals surface area contributed by atoms with Crippen LogP contribution in [0.2, 0.25) is 0 Å². The molecule has 4 rings (SSSR count). The van der Waals surface area contributed by atoms with Gasteiger partial charge in [0.1, 0.15) is 0 Å². The molecule has 1 aromatic heterocycles. The molecule has 1 N–H and O–H groups in total. The van der Waals surface area contributed by atoms with Gasteiger partial charge in [-0.3, -0.25) is 9.59 Å². The molecule has 0 bridgehead atoms. The Hall–Kier alpha value is -2.66. The predicted molar refractivity (Wildman–Crippen MR) is 119 cm³/mol. The summed E-state index contributed by atoms with van der Waals surface area (Å²) in [5.41, 5.74) is 6.70. The zero-order chi connectivity index (χ0) is 21.6. The molecule has 0 unspecified atom stereocenters. The minimum atomic E-state index is -0.133. The number of rotatable bonds is 5. The van der Waals surface area contributed by atoms with Gasteiger partial charge in [-0.15, -0.1) is 0 Å². The van der Waals surface area contributed by atoms with Gasteiger partial charge in [0.25, 0.3) is 5.91 Å². The number of Topliss-reactive ketones (excluding diaryl/α,β-unsaturated/α-hetero) is 1. The molecule has 0 saturated carbocycles. The van der Waals surface area contributed by atoms with E-state index < -0.39 is 0 Å². The van der Waals surface area contributed by atoms with E-state index in [4.69, 9.17) is 4.74 Å². The minimum Gasteiger partial charge on any atom is -0.380 e. The molecule has 0 atom stereocenters. The van der Waals surface area contributed by atoms with Crippen LogP contribution in [0.15, 0.2) is 41.1 Å². The molecule has 158 valence electrons. The van der Waals surface area contributed by atoms with Crippen molar-refractivity contribution in [3.8, 4) is 0 Å². The Labute approximate surface area is 177 Å². The maximum absolute atomic E-state index is 13.3. The molecule has 1 aliphatic carbocycles. The van der Waals surface area contributed by atoms with Gasteiger partial charge in [0.05, 0.1) is 13.2 Å². The molecule has 1 amide bonds. The standard InChI is InChI=1S/C25H30N2O3/c1-14(2)27-11-17(5)24-20(8-18(9-22(24)27)19-12-30-13-19)25(29)26-10-21-16(4)6-15(3)7-23(21)28/h6,8-9,11,14,19H,7,10,12-13H2,1-5H3,(H,26,29). The molecule has 2 aromatic rings. The van der Waals surface area contributed by atoms with E-state index in [0.29, 0.717) is 42.7 Å². The topological polar surface area (TPSA) is 60.3 Å². The van der Waals surface area contributed by atoms with Crippen LogP contribution in [0.1, 0.15) is 67.6 Å². The second kappa shape index (κ2) is 7.88. The van der Waals surface area contributed by atoms with E-state index in [2.05, 4.69) is 42.9 Å². The van der Waals surface area contributed by atoms with E-state index in [0.717, 1.165) is 33.2 Å². The number of ether oxygens (including phenoxy) is 1. The summed E-state index contributed by atoms with van der Waals surface area (Å²) in [4.78, 5) is 25.7. The average Bonchev–Trinajstić information content (AvgIpc) is 2.95. The highest BCUT2D eigenvalue weighted by atomic mass is 16.5. The first-order valence-corrected chi connectivity index (χ1v) is 10.7. The van der Waals surface area contributed by atoms with Gasteiger partial charge in [0, 0.05) is 53.2 Å². The van der Waals surface area contributed by atoms with Gasteiger partial charge in [-0.1, -0.05) is 11.6 Å². The number of fused-ring (bicyclic) bond motifs is 1. The lowest BCUT2D eigenvalue weighted by Crippen LogP contribution is -2.30. The number of hydrogen-bond acceptors (Lipinski definition) is 3. The van der Waals surface area contributed by atoms with Crippen LogP contribution in [0.25, 0.3) is 10.9 Å². The molecule has 1 saturated heterocycles. The van der Waals surface area contributed by atoms with Crippen LogP contribution >= 0.6 is 0 Å². The van der Waals surface area contributed by atoms with Gasteiger partial charge < -0.3 is 14.6 Å². The summed E-state index contributed by atoms with van der Waals surface area (Å²) in [6.45, 7) is 11.9. The van der Waals surface area contributed by atoms with Crippen LogP contribution in [0.4, 0.5) is 0 Å². The van der Waals surface area contributed by atoms with E-state index in [1.807, 2.05) is 26.0 Å². The fourth-order valence-corrected chi connectivity index (χ4v) is 4.47. The van der Waals surface area contributed by atoms with E-state index >= 15 is 0 Å². The summed E-state index contributed by atoms with van der Waals surface area (Å²) in [5.74, 6) is 0.293. The number of aromatic nitrogens is 1. The van der Waals surface area contributed by atoms with Gasteiger partial charge in [-0.05, 0) is 63.5 Å². The summed E-state index contributed by atoms with van der Waals surface area (Å²) in [5, 5.41) is 4.00. The van der Waals surface area contributed by atoms with Crippen molar-refractivity contribution in [1.82, 2.24) is 9.88 Å². The highest BCUT2D eigenvalue weighted by molar-refractivity contribution is 6.09.